The van der Waals surface area contributed by atoms with E-state index in [1.54, 1.807) is 0 Å². The van der Waals surface area contributed by atoms with Crippen LogP contribution in [0.1, 0.15) is 58.3 Å². The smallest absolute Gasteiger partial charge is 0.0809 e. The molecule has 5 fully saturated rings. The number of aliphatic hydroxyl groups is 1. The first-order valence-corrected chi connectivity index (χ1v) is 9.40. The van der Waals surface area contributed by atoms with Gasteiger partial charge in [-0.15, -0.1) is 0 Å². The van der Waals surface area contributed by atoms with Crippen molar-refractivity contribution in [2.24, 2.45) is 39.0 Å². The quantitative estimate of drug-likeness (QED) is 0.674. The van der Waals surface area contributed by atoms with Crippen LogP contribution >= 0.6 is 0 Å². The Morgan fingerprint density at radius 3 is 2.82 bits per heavy atom. The van der Waals surface area contributed by atoms with Gasteiger partial charge in [0.15, 0.2) is 0 Å². The maximum Gasteiger partial charge on any atom is 0.0809 e. The minimum atomic E-state index is -0.237. The van der Waals surface area contributed by atoms with Crippen LogP contribution in [0.15, 0.2) is 17.1 Å². The molecule has 1 N–H and O–H groups in total. The van der Waals surface area contributed by atoms with Crippen molar-refractivity contribution in [2.75, 3.05) is 6.54 Å². The topological polar surface area (TPSA) is 32.6 Å². The van der Waals surface area contributed by atoms with Crippen LogP contribution < -0.4 is 0 Å². The zero-order valence-electron chi connectivity index (χ0n) is 13.9. The Morgan fingerprint density at radius 1 is 1.14 bits per heavy atom. The zero-order chi connectivity index (χ0) is 15.2. The first-order valence-electron chi connectivity index (χ1n) is 9.40. The molecular formula is C20H29NO. The van der Waals surface area contributed by atoms with E-state index in [9.17, 15) is 5.11 Å². The summed E-state index contributed by atoms with van der Waals surface area (Å²) >= 11 is 0. The molecule has 0 aromatic rings. The highest BCUT2D eigenvalue weighted by Crippen LogP contribution is 2.72. The highest BCUT2D eigenvalue weighted by molar-refractivity contribution is 5.68. The van der Waals surface area contributed by atoms with E-state index in [1.807, 2.05) is 0 Å². The van der Waals surface area contributed by atoms with Crippen LogP contribution in [0, 0.1) is 34.0 Å². The highest BCUT2D eigenvalue weighted by Gasteiger charge is 2.68. The largest absolute Gasteiger partial charge is 0.388 e. The molecule has 1 spiro atoms. The summed E-state index contributed by atoms with van der Waals surface area (Å²) in [6.45, 7) is 7.77. The van der Waals surface area contributed by atoms with Crippen molar-refractivity contribution in [3.05, 3.63) is 12.2 Å². The maximum atomic E-state index is 11.1. The van der Waals surface area contributed by atoms with Crippen LogP contribution in [-0.2, 0) is 0 Å². The number of aliphatic imine (C=N–C) groups is 1. The first kappa shape index (κ1) is 13.8. The molecule has 1 heterocycles. The lowest BCUT2D eigenvalue weighted by Crippen LogP contribution is -2.67. The van der Waals surface area contributed by atoms with Gasteiger partial charge >= 0.3 is 0 Å². The van der Waals surface area contributed by atoms with E-state index in [0.29, 0.717) is 22.7 Å². The average Bonchev–Trinajstić information content (AvgIpc) is 2.50. The number of aliphatic hydroxyl groups excluding tert-OH is 1. The fourth-order valence-electron chi connectivity index (χ4n) is 7.88. The van der Waals surface area contributed by atoms with Crippen molar-refractivity contribution in [3.63, 3.8) is 0 Å². The van der Waals surface area contributed by atoms with Crippen molar-refractivity contribution >= 4 is 6.21 Å². The van der Waals surface area contributed by atoms with Crippen molar-refractivity contribution in [1.29, 1.82) is 0 Å². The second kappa shape index (κ2) is 4.06. The van der Waals surface area contributed by atoms with Crippen LogP contribution in [0.25, 0.3) is 0 Å². The number of hydrogen-bond acceptors (Lipinski definition) is 2. The summed E-state index contributed by atoms with van der Waals surface area (Å²) in [6, 6.07) is 0. The Bertz CT molecular complexity index is 568. The third-order valence-corrected chi connectivity index (χ3v) is 8.80. The molecule has 0 amide bonds. The lowest BCUT2D eigenvalue weighted by Gasteiger charge is -2.70. The molecular weight excluding hydrogens is 270 g/mol. The third-order valence-electron chi connectivity index (χ3n) is 8.80. The van der Waals surface area contributed by atoms with Gasteiger partial charge in [-0.05, 0) is 73.7 Å². The number of rotatable bonds is 0. The molecule has 7 atom stereocenters. The SMILES string of the molecule is C=C1C2CCC3(CCC4C5(C)C=NCC4(CCC5)C3C2)C1O. The van der Waals surface area contributed by atoms with Gasteiger partial charge in [-0.1, -0.05) is 19.9 Å². The van der Waals surface area contributed by atoms with Gasteiger partial charge in [-0.2, -0.15) is 0 Å². The summed E-state index contributed by atoms with van der Waals surface area (Å²) in [5.74, 6) is 2.07. The zero-order valence-corrected chi connectivity index (χ0v) is 13.9. The second-order valence-electron chi connectivity index (χ2n) is 9.39. The molecule has 5 saturated carbocycles. The molecule has 6 aliphatic rings. The Labute approximate surface area is 134 Å². The number of fused-ring (bicyclic) bond motifs is 2. The number of nitrogens with zero attached hydrogens (tertiary/aromatic N) is 1. The van der Waals surface area contributed by atoms with Crippen molar-refractivity contribution in [1.82, 2.24) is 0 Å². The molecule has 4 bridgehead atoms. The lowest BCUT2D eigenvalue weighted by molar-refractivity contribution is -0.201. The third kappa shape index (κ3) is 1.36. The Morgan fingerprint density at radius 2 is 1.95 bits per heavy atom. The van der Waals surface area contributed by atoms with E-state index in [-0.39, 0.29) is 11.5 Å². The Kier molecular flexibility index (Phi) is 2.54. The van der Waals surface area contributed by atoms with Gasteiger partial charge in [0.25, 0.3) is 0 Å². The van der Waals surface area contributed by atoms with Crippen LogP contribution in [0.3, 0.4) is 0 Å². The molecule has 5 aliphatic carbocycles. The molecule has 22 heavy (non-hydrogen) atoms. The summed E-state index contributed by atoms with van der Waals surface area (Å²) in [5.41, 5.74) is 2.03. The monoisotopic (exact) mass is 299 g/mol. The average molecular weight is 299 g/mol. The van der Waals surface area contributed by atoms with E-state index in [4.69, 9.17) is 4.99 Å². The number of hydrogen-bond donors (Lipinski definition) is 1. The van der Waals surface area contributed by atoms with Crippen molar-refractivity contribution < 1.29 is 5.11 Å². The van der Waals surface area contributed by atoms with Gasteiger partial charge in [-0.25, -0.2) is 0 Å². The fraction of sp³-hybridized carbons (Fsp3) is 0.850. The minimum absolute atomic E-state index is 0.146. The van der Waals surface area contributed by atoms with Crippen LogP contribution in [0.4, 0.5) is 0 Å². The maximum absolute atomic E-state index is 11.1. The second-order valence-corrected chi connectivity index (χ2v) is 9.39. The van der Waals surface area contributed by atoms with E-state index < -0.39 is 0 Å². The molecule has 1 aliphatic heterocycles. The van der Waals surface area contributed by atoms with Gasteiger partial charge in [-0.3, -0.25) is 4.99 Å². The Hall–Kier alpha value is -0.630. The summed E-state index contributed by atoms with van der Waals surface area (Å²) in [5, 5.41) is 11.1. The van der Waals surface area contributed by atoms with E-state index in [1.165, 1.54) is 51.4 Å². The molecule has 0 radical (unpaired) electrons. The van der Waals surface area contributed by atoms with Crippen molar-refractivity contribution in [2.45, 2.75) is 64.4 Å². The summed E-state index contributed by atoms with van der Waals surface area (Å²) in [4.78, 5) is 4.89. The molecule has 7 unspecified atom stereocenters. The predicted molar refractivity (Wildman–Crippen MR) is 88.9 cm³/mol. The van der Waals surface area contributed by atoms with E-state index >= 15 is 0 Å². The van der Waals surface area contributed by atoms with Gasteiger partial charge < -0.3 is 5.11 Å². The fourth-order valence-corrected chi connectivity index (χ4v) is 7.88. The summed E-state index contributed by atoms with van der Waals surface area (Å²) < 4.78 is 0. The highest BCUT2D eigenvalue weighted by atomic mass is 16.3. The normalized spacial score (nSPS) is 59.1. The van der Waals surface area contributed by atoms with Crippen molar-refractivity contribution in [3.8, 4) is 0 Å². The van der Waals surface area contributed by atoms with Gasteiger partial charge in [0, 0.05) is 23.6 Å². The van der Waals surface area contributed by atoms with Gasteiger partial charge in [0.05, 0.1) is 6.10 Å². The lowest BCUT2D eigenvalue weighted by atomic mass is 9.35. The molecule has 120 valence electrons. The standard InChI is InChI=1S/C20H29NO/c1-13-14-4-8-19(17(13)22)9-5-15-18(2)6-3-7-20(15,12-21-11-18)16(19)10-14/h11,14-17,22H,1,3-10,12H2,2H3. The van der Waals surface area contributed by atoms with Crippen LogP contribution in [-0.4, -0.2) is 24.0 Å². The van der Waals surface area contributed by atoms with Gasteiger partial charge in [0.1, 0.15) is 0 Å². The van der Waals surface area contributed by atoms with Gasteiger partial charge in [0.2, 0.25) is 0 Å². The van der Waals surface area contributed by atoms with E-state index in [0.717, 1.165) is 18.0 Å². The summed E-state index contributed by atoms with van der Waals surface area (Å²) in [6.07, 6.45) is 12.4. The molecule has 2 heteroatoms. The molecule has 0 saturated heterocycles. The summed E-state index contributed by atoms with van der Waals surface area (Å²) in [7, 11) is 0. The van der Waals surface area contributed by atoms with E-state index in [2.05, 4.69) is 19.7 Å². The predicted octanol–water partition coefficient (Wildman–Crippen LogP) is 3.99. The van der Waals surface area contributed by atoms with Crippen LogP contribution in [0.5, 0.6) is 0 Å². The molecule has 0 aromatic carbocycles. The minimum Gasteiger partial charge on any atom is -0.388 e. The first-order chi connectivity index (χ1) is 10.5. The Balaban J connectivity index is 1.65. The molecule has 6 rings (SSSR count). The molecule has 2 nitrogen and oxygen atoms in total. The molecule has 0 aromatic heterocycles. The van der Waals surface area contributed by atoms with Crippen LogP contribution in [0.2, 0.25) is 0 Å².